The maximum atomic E-state index is 4.30. The largest absolute Gasteiger partial charge is 0.354 e. The molecule has 33 heavy (non-hydrogen) atoms. The van der Waals surface area contributed by atoms with Crippen molar-refractivity contribution in [2.45, 2.75) is 12.3 Å². The van der Waals surface area contributed by atoms with E-state index < -0.39 is 5.41 Å². The molecule has 1 aliphatic carbocycles. The molecule has 4 aromatic carbocycles. The Hall–Kier alpha value is -4.10. The third-order valence-electron chi connectivity index (χ3n) is 6.99. The van der Waals surface area contributed by atoms with Crippen LogP contribution >= 0.6 is 0 Å². The molecule has 1 N–H and O–H groups in total. The van der Waals surface area contributed by atoms with Crippen LogP contribution in [0.25, 0.3) is 27.4 Å². The number of hydrogen-bond acceptors (Lipinski definition) is 0. The normalized spacial score (nSPS) is 14.9. The van der Waals surface area contributed by atoms with Crippen LogP contribution < -0.4 is 0 Å². The molecule has 0 saturated carbocycles. The Morgan fingerprint density at radius 2 is 1.36 bits per heavy atom. The first kappa shape index (κ1) is 19.6. The fourth-order valence-corrected chi connectivity index (χ4v) is 5.77. The van der Waals surface area contributed by atoms with Gasteiger partial charge in [-0.1, -0.05) is 110 Å². The summed E-state index contributed by atoms with van der Waals surface area (Å²) in [5.74, 6) is 0. The van der Waals surface area contributed by atoms with Gasteiger partial charge in [-0.15, -0.1) is 0 Å². The van der Waals surface area contributed by atoms with E-state index in [1.165, 1.54) is 44.2 Å². The third kappa shape index (κ3) is 2.60. The minimum Gasteiger partial charge on any atom is -0.354 e. The fraction of sp³-hybridized carbons (Fsp3) is 0.0625. The number of aromatic nitrogens is 1. The van der Waals surface area contributed by atoms with Crippen LogP contribution in [0.4, 0.5) is 0 Å². The van der Waals surface area contributed by atoms with Gasteiger partial charge in [-0.05, 0) is 52.5 Å². The lowest BCUT2D eigenvalue weighted by Crippen LogP contribution is -2.29. The van der Waals surface area contributed by atoms with E-state index >= 15 is 0 Å². The number of fused-ring (bicyclic) bond motifs is 5. The van der Waals surface area contributed by atoms with Gasteiger partial charge in [0.15, 0.2) is 0 Å². The molecule has 1 aliphatic rings. The van der Waals surface area contributed by atoms with Gasteiger partial charge in [0.1, 0.15) is 0 Å². The van der Waals surface area contributed by atoms with E-state index in [2.05, 4.69) is 128 Å². The van der Waals surface area contributed by atoms with Crippen molar-refractivity contribution in [2.75, 3.05) is 0 Å². The van der Waals surface area contributed by atoms with Gasteiger partial charge < -0.3 is 4.98 Å². The van der Waals surface area contributed by atoms with Gasteiger partial charge >= 0.3 is 0 Å². The van der Waals surface area contributed by atoms with E-state index in [0.29, 0.717) is 0 Å². The molecule has 5 aromatic rings. The van der Waals surface area contributed by atoms with Crippen LogP contribution in [0.3, 0.4) is 0 Å². The zero-order chi connectivity index (χ0) is 22.4. The summed E-state index contributed by atoms with van der Waals surface area (Å²) in [6.07, 6.45) is 6.47. The van der Waals surface area contributed by atoms with Crippen LogP contribution in [0.15, 0.2) is 127 Å². The van der Waals surface area contributed by atoms with Crippen molar-refractivity contribution in [3.05, 3.63) is 150 Å². The third-order valence-corrected chi connectivity index (χ3v) is 6.99. The highest BCUT2D eigenvalue weighted by Crippen LogP contribution is 2.57. The quantitative estimate of drug-likeness (QED) is 0.300. The molecular formula is C32H25N. The minimum atomic E-state index is -0.416. The molecule has 0 saturated heterocycles. The zero-order valence-corrected chi connectivity index (χ0v) is 18.7. The molecule has 1 heteroatoms. The van der Waals surface area contributed by atoms with Crippen LogP contribution in [0, 0.1) is 0 Å². The number of para-hydroxylation sites is 1. The van der Waals surface area contributed by atoms with E-state index in [4.69, 9.17) is 0 Å². The summed E-state index contributed by atoms with van der Waals surface area (Å²) >= 11 is 0. The van der Waals surface area contributed by atoms with Crippen molar-refractivity contribution in [3.63, 3.8) is 0 Å². The first-order valence-corrected chi connectivity index (χ1v) is 11.5. The van der Waals surface area contributed by atoms with Gasteiger partial charge in [0.25, 0.3) is 0 Å². The Morgan fingerprint density at radius 3 is 2.00 bits per heavy atom. The fourth-order valence-electron chi connectivity index (χ4n) is 5.77. The van der Waals surface area contributed by atoms with Crippen molar-refractivity contribution >= 4 is 27.4 Å². The van der Waals surface area contributed by atoms with Crippen molar-refractivity contribution in [1.82, 2.24) is 4.98 Å². The van der Waals surface area contributed by atoms with Crippen molar-refractivity contribution in [2.24, 2.45) is 0 Å². The van der Waals surface area contributed by atoms with Crippen LogP contribution in [0.5, 0.6) is 0 Å². The standard InChI is InChI=1S/C32H25N/c1-3-13-26-24(4-2)30-27(20-21-29-31(30)25-18-11-12-19-28(25)33-29)32(26,22-14-7-5-8-15-22)23-16-9-6-10-17-23/h3-21,33H,2H2,1H3/b13-3-. The van der Waals surface area contributed by atoms with E-state index in [0.717, 1.165) is 11.0 Å². The van der Waals surface area contributed by atoms with Gasteiger partial charge in [0.2, 0.25) is 0 Å². The predicted octanol–water partition coefficient (Wildman–Crippen LogP) is 8.18. The molecule has 1 nitrogen and oxygen atoms in total. The van der Waals surface area contributed by atoms with Crippen molar-refractivity contribution < 1.29 is 0 Å². The number of H-pyrrole nitrogens is 1. The van der Waals surface area contributed by atoms with Crippen LogP contribution in [-0.4, -0.2) is 4.98 Å². The summed E-state index contributed by atoms with van der Waals surface area (Å²) in [5, 5.41) is 2.52. The van der Waals surface area contributed by atoms with Gasteiger partial charge in [-0.2, -0.15) is 0 Å². The first-order valence-electron chi connectivity index (χ1n) is 11.5. The molecule has 0 bridgehead atoms. The van der Waals surface area contributed by atoms with E-state index in [9.17, 15) is 0 Å². The molecule has 0 aliphatic heterocycles. The summed E-state index contributed by atoms with van der Waals surface area (Å²) < 4.78 is 0. The van der Waals surface area contributed by atoms with Gasteiger partial charge in [-0.25, -0.2) is 0 Å². The highest BCUT2D eigenvalue weighted by Gasteiger charge is 2.47. The summed E-state index contributed by atoms with van der Waals surface area (Å²) in [6.45, 7) is 6.39. The van der Waals surface area contributed by atoms with Crippen molar-refractivity contribution in [1.29, 1.82) is 0 Å². The lowest BCUT2D eigenvalue weighted by molar-refractivity contribution is 0.762. The number of allylic oxidation sites excluding steroid dienone is 5. The molecule has 0 unspecified atom stereocenters. The summed E-state index contributed by atoms with van der Waals surface area (Å²) in [7, 11) is 0. The van der Waals surface area contributed by atoms with Crippen LogP contribution in [0.2, 0.25) is 0 Å². The van der Waals surface area contributed by atoms with Crippen molar-refractivity contribution in [3.8, 4) is 0 Å². The van der Waals surface area contributed by atoms with E-state index in [1.807, 2.05) is 6.08 Å². The first-order chi connectivity index (χ1) is 16.3. The monoisotopic (exact) mass is 423 g/mol. The number of rotatable bonds is 4. The maximum Gasteiger partial charge on any atom is 0.0713 e. The lowest BCUT2D eigenvalue weighted by Gasteiger charge is -2.35. The summed E-state index contributed by atoms with van der Waals surface area (Å²) in [6, 6.07) is 34.9. The molecule has 1 aromatic heterocycles. The number of nitrogens with one attached hydrogen (secondary N) is 1. The molecule has 158 valence electrons. The highest BCUT2D eigenvalue weighted by molar-refractivity contribution is 6.15. The zero-order valence-electron chi connectivity index (χ0n) is 18.7. The van der Waals surface area contributed by atoms with E-state index in [1.54, 1.807) is 0 Å². The molecule has 0 radical (unpaired) electrons. The molecular weight excluding hydrogens is 398 g/mol. The van der Waals surface area contributed by atoms with Gasteiger partial charge in [0.05, 0.1) is 5.41 Å². The molecule has 6 rings (SSSR count). The Balaban J connectivity index is 1.87. The SMILES string of the molecule is C=CC1=C(/C=C\C)C(c2ccccc2)(c2ccccc2)c2ccc3[nH]c4ccccc4c3c21. The van der Waals surface area contributed by atoms with Crippen LogP contribution in [-0.2, 0) is 5.41 Å². The second-order valence-electron chi connectivity index (χ2n) is 8.59. The van der Waals surface area contributed by atoms with Gasteiger partial charge in [-0.3, -0.25) is 0 Å². The minimum absolute atomic E-state index is 0.416. The molecule has 0 amide bonds. The second-order valence-corrected chi connectivity index (χ2v) is 8.59. The lowest BCUT2D eigenvalue weighted by atomic mass is 9.66. The second kappa shape index (κ2) is 7.50. The van der Waals surface area contributed by atoms with Crippen LogP contribution in [0.1, 0.15) is 29.2 Å². The number of hydrogen-bond donors (Lipinski definition) is 1. The Kier molecular flexibility index (Phi) is 4.45. The van der Waals surface area contributed by atoms with E-state index in [-0.39, 0.29) is 0 Å². The molecule has 0 spiro atoms. The smallest absolute Gasteiger partial charge is 0.0713 e. The molecule has 0 fully saturated rings. The predicted molar refractivity (Wildman–Crippen MR) is 141 cm³/mol. The topological polar surface area (TPSA) is 15.8 Å². The average molecular weight is 424 g/mol. The molecule has 0 atom stereocenters. The Labute approximate surface area is 194 Å². The Morgan fingerprint density at radius 1 is 0.727 bits per heavy atom. The maximum absolute atomic E-state index is 4.30. The van der Waals surface area contributed by atoms with Gasteiger partial charge in [0, 0.05) is 21.8 Å². The summed E-state index contributed by atoms with van der Waals surface area (Å²) in [4.78, 5) is 3.63. The Bertz CT molecular complexity index is 1520. The summed E-state index contributed by atoms with van der Waals surface area (Å²) in [5.41, 5.74) is 9.49. The number of benzene rings is 4. The molecule has 1 heterocycles. The number of aromatic amines is 1. The highest BCUT2D eigenvalue weighted by atomic mass is 14.7. The average Bonchev–Trinajstić information content (AvgIpc) is 3.38.